The molecule has 0 aliphatic carbocycles. The van der Waals surface area contributed by atoms with E-state index in [1.54, 1.807) is 0 Å². The quantitative estimate of drug-likeness (QED) is 0.735. The first-order valence-electron chi connectivity index (χ1n) is 5.99. The Morgan fingerprint density at radius 2 is 2.00 bits per heavy atom. The lowest BCUT2D eigenvalue weighted by Gasteiger charge is -2.38. The molecule has 2 atom stereocenters. The third-order valence-corrected chi connectivity index (χ3v) is 3.74. The molecule has 0 saturated carbocycles. The van der Waals surface area contributed by atoms with Crippen LogP contribution in [-0.2, 0) is 4.74 Å². The molecule has 0 aromatic carbocycles. The number of likely N-dealkylation sites (N-methyl/N-ethyl adjacent to an activating group) is 1. The van der Waals surface area contributed by atoms with Gasteiger partial charge in [-0.15, -0.1) is 0 Å². The van der Waals surface area contributed by atoms with Crippen LogP contribution in [0.3, 0.4) is 0 Å². The van der Waals surface area contributed by atoms with Gasteiger partial charge < -0.3 is 10.1 Å². The Bertz CT molecular complexity index is 160. The third kappa shape index (κ3) is 2.29. The average molecular weight is 199 g/mol. The first kappa shape index (κ1) is 12.0. The largest absolute Gasteiger partial charge is 0.374 e. The minimum Gasteiger partial charge on any atom is -0.374 e. The van der Waals surface area contributed by atoms with Crippen LogP contribution in [0.15, 0.2) is 0 Å². The number of rotatable bonds is 5. The lowest BCUT2D eigenvalue weighted by molar-refractivity contribution is -0.0277. The van der Waals surface area contributed by atoms with Crippen molar-refractivity contribution < 1.29 is 4.74 Å². The van der Waals surface area contributed by atoms with Gasteiger partial charge in [0.15, 0.2) is 0 Å². The zero-order valence-electron chi connectivity index (χ0n) is 10.1. The van der Waals surface area contributed by atoms with E-state index in [4.69, 9.17) is 4.74 Å². The van der Waals surface area contributed by atoms with Crippen LogP contribution in [-0.4, -0.2) is 25.3 Å². The molecule has 14 heavy (non-hydrogen) atoms. The maximum Gasteiger partial charge on any atom is 0.0810 e. The fraction of sp³-hybridized carbons (Fsp3) is 1.00. The molecule has 1 heterocycles. The molecule has 1 saturated heterocycles. The Morgan fingerprint density at radius 1 is 1.36 bits per heavy atom. The zero-order chi connectivity index (χ0) is 10.6. The van der Waals surface area contributed by atoms with Crippen molar-refractivity contribution in [3.63, 3.8) is 0 Å². The van der Waals surface area contributed by atoms with Gasteiger partial charge in [0.25, 0.3) is 0 Å². The van der Waals surface area contributed by atoms with Crippen molar-refractivity contribution in [1.29, 1.82) is 0 Å². The Morgan fingerprint density at radius 3 is 2.36 bits per heavy atom. The summed E-state index contributed by atoms with van der Waals surface area (Å²) in [5.41, 5.74) is 0.0748. The van der Waals surface area contributed by atoms with Gasteiger partial charge in [-0.3, -0.25) is 0 Å². The molecule has 1 rings (SSSR count). The summed E-state index contributed by atoms with van der Waals surface area (Å²) in [6.07, 6.45) is 4.89. The molecule has 1 fully saturated rings. The monoisotopic (exact) mass is 199 g/mol. The first-order chi connectivity index (χ1) is 6.68. The van der Waals surface area contributed by atoms with Gasteiger partial charge in [-0.1, -0.05) is 26.7 Å². The summed E-state index contributed by atoms with van der Waals surface area (Å²) >= 11 is 0. The second kappa shape index (κ2) is 5.13. The fourth-order valence-electron chi connectivity index (χ4n) is 2.85. The number of ether oxygens (including phenoxy) is 1. The summed E-state index contributed by atoms with van der Waals surface area (Å²) in [5, 5.41) is 3.46. The minimum absolute atomic E-state index is 0.0748. The van der Waals surface area contributed by atoms with E-state index >= 15 is 0 Å². The second-order valence-corrected chi connectivity index (χ2v) is 4.61. The summed E-state index contributed by atoms with van der Waals surface area (Å²) in [5.74, 6) is 0.739. The van der Waals surface area contributed by atoms with Gasteiger partial charge in [0, 0.05) is 12.6 Å². The topological polar surface area (TPSA) is 21.3 Å². The molecule has 0 amide bonds. The van der Waals surface area contributed by atoms with Gasteiger partial charge in [0.05, 0.1) is 5.60 Å². The van der Waals surface area contributed by atoms with Gasteiger partial charge in [-0.25, -0.2) is 0 Å². The summed E-state index contributed by atoms with van der Waals surface area (Å²) in [6, 6.07) is 0.514. The molecule has 84 valence electrons. The molecular formula is C12H25NO. The lowest BCUT2D eigenvalue weighted by atomic mass is 9.81. The van der Waals surface area contributed by atoms with Crippen LogP contribution < -0.4 is 5.32 Å². The molecule has 1 N–H and O–H groups in total. The predicted octanol–water partition coefficient (Wildman–Crippen LogP) is 2.58. The van der Waals surface area contributed by atoms with Gasteiger partial charge >= 0.3 is 0 Å². The van der Waals surface area contributed by atoms with E-state index < -0.39 is 0 Å². The van der Waals surface area contributed by atoms with Crippen molar-refractivity contribution >= 4 is 0 Å². The highest BCUT2D eigenvalue weighted by Crippen LogP contribution is 2.33. The van der Waals surface area contributed by atoms with Crippen molar-refractivity contribution in [2.24, 2.45) is 5.92 Å². The van der Waals surface area contributed by atoms with E-state index in [0.717, 1.165) is 12.5 Å². The molecular weight excluding hydrogens is 174 g/mol. The maximum absolute atomic E-state index is 5.92. The predicted molar refractivity (Wildman–Crippen MR) is 60.5 cm³/mol. The third-order valence-electron chi connectivity index (χ3n) is 3.74. The molecule has 0 radical (unpaired) electrons. The standard InChI is InChI=1S/C12H25NO/c1-5-10(6-2)11(13-4)12(3)8-7-9-14-12/h10-11,13H,5-9H2,1-4H3. The lowest BCUT2D eigenvalue weighted by Crippen LogP contribution is -2.51. The van der Waals surface area contributed by atoms with Crippen molar-refractivity contribution in [2.75, 3.05) is 13.7 Å². The van der Waals surface area contributed by atoms with Crippen LogP contribution in [0.4, 0.5) is 0 Å². The van der Waals surface area contributed by atoms with Gasteiger partial charge in [-0.2, -0.15) is 0 Å². The molecule has 1 aliphatic heterocycles. The summed E-state index contributed by atoms with van der Waals surface area (Å²) in [4.78, 5) is 0. The highest BCUT2D eigenvalue weighted by molar-refractivity contribution is 4.95. The maximum atomic E-state index is 5.92. The van der Waals surface area contributed by atoms with E-state index in [0.29, 0.717) is 6.04 Å². The van der Waals surface area contributed by atoms with Gasteiger partial charge in [0.2, 0.25) is 0 Å². The Kier molecular flexibility index (Phi) is 4.39. The molecule has 0 aromatic rings. The van der Waals surface area contributed by atoms with Crippen LogP contribution in [0.1, 0.15) is 46.5 Å². The number of hydrogen-bond acceptors (Lipinski definition) is 2. The van der Waals surface area contributed by atoms with E-state index in [9.17, 15) is 0 Å². The molecule has 2 unspecified atom stereocenters. The molecule has 0 bridgehead atoms. The Labute approximate surface area is 88.4 Å². The normalized spacial score (nSPS) is 29.8. The highest BCUT2D eigenvalue weighted by atomic mass is 16.5. The summed E-state index contributed by atoms with van der Waals surface area (Å²) in [7, 11) is 2.07. The van der Waals surface area contributed by atoms with Crippen LogP contribution in [0.25, 0.3) is 0 Å². The van der Waals surface area contributed by atoms with Crippen LogP contribution in [0, 0.1) is 5.92 Å². The second-order valence-electron chi connectivity index (χ2n) is 4.61. The van der Waals surface area contributed by atoms with E-state index in [2.05, 4.69) is 33.1 Å². The van der Waals surface area contributed by atoms with E-state index in [1.165, 1.54) is 25.7 Å². The SMILES string of the molecule is CCC(CC)C(NC)C1(C)CCCO1. The Balaban J connectivity index is 2.68. The highest BCUT2D eigenvalue weighted by Gasteiger charge is 2.40. The number of nitrogens with one attached hydrogen (secondary N) is 1. The molecule has 2 nitrogen and oxygen atoms in total. The molecule has 0 aromatic heterocycles. The van der Waals surface area contributed by atoms with Gasteiger partial charge in [0.1, 0.15) is 0 Å². The molecule has 2 heteroatoms. The van der Waals surface area contributed by atoms with Crippen LogP contribution in [0.5, 0.6) is 0 Å². The van der Waals surface area contributed by atoms with E-state index in [-0.39, 0.29) is 5.60 Å². The molecule has 1 aliphatic rings. The first-order valence-corrected chi connectivity index (χ1v) is 5.99. The molecule has 0 spiro atoms. The van der Waals surface area contributed by atoms with Crippen molar-refractivity contribution in [3.8, 4) is 0 Å². The number of hydrogen-bond donors (Lipinski definition) is 1. The fourth-order valence-corrected chi connectivity index (χ4v) is 2.85. The van der Waals surface area contributed by atoms with E-state index in [1.807, 2.05) is 0 Å². The van der Waals surface area contributed by atoms with Crippen molar-refractivity contribution in [1.82, 2.24) is 5.32 Å². The van der Waals surface area contributed by atoms with Crippen LogP contribution in [0.2, 0.25) is 0 Å². The smallest absolute Gasteiger partial charge is 0.0810 e. The summed E-state index contributed by atoms with van der Waals surface area (Å²) < 4.78 is 5.92. The van der Waals surface area contributed by atoms with Crippen molar-refractivity contribution in [2.45, 2.75) is 58.1 Å². The zero-order valence-corrected chi connectivity index (χ0v) is 10.1. The van der Waals surface area contributed by atoms with Gasteiger partial charge in [-0.05, 0) is 32.7 Å². The van der Waals surface area contributed by atoms with Crippen LogP contribution >= 0.6 is 0 Å². The Hall–Kier alpha value is -0.0800. The average Bonchev–Trinajstić information content (AvgIpc) is 2.62. The summed E-state index contributed by atoms with van der Waals surface area (Å²) in [6.45, 7) is 7.75. The van der Waals surface area contributed by atoms with Crippen molar-refractivity contribution in [3.05, 3.63) is 0 Å². The minimum atomic E-state index is 0.0748.